The summed E-state index contributed by atoms with van der Waals surface area (Å²) in [5.41, 5.74) is 16.5. The Morgan fingerprint density at radius 3 is 2.42 bits per heavy atom. The normalized spacial score (nSPS) is 20.7. The van der Waals surface area contributed by atoms with Crippen molar-refractivity contribution in [3.8, 4) is 0 Å². The average molecular weight is 585 g/mol. The van der Waals surface area contributed by atoms with Crippen LogP contribution in [0.3, 0.4) is 0 Å². The number of fused-ring (bicyclic) bond motifs is 3. The molecule has 4 nitrogen and oxygen atoms in total. The molecule has 45 heavy (non-hydrogen) atoms. The minimum atomic E-state index is 0.0924. The Morgan fingerprint density at radius 2 is 1.62 bits per heavy atom. The van der Waals surface area contributed by atoms with Gasteiger partial charge in [0.1, 0.15) is 0 Å². The molecule has 3 aromatic carbocycles. The number of rotatable bonds is 5. The lowest BCUT2D eigenvalue weighted by Gasteiger charge is -2.33. The van der Waals surface area contributed by atoms with Gasteiger partial charge >= 0.3 is 0 Å². The van der Waals surface area contributed by atoms with E-state index in [0.717, 1.165) is 54.8 Å². The highest BCUT2D eigenvalue weighted by Crippen LogP contribution is 2.45. The third kappa shape index (κ3) is 4.93. The molecule has 0 aromatic heterocycles. The lowest BCUT2D eigenvalue weighted by molar-refractivity contribution is 0.853. The van der Waals surface area contributed by atoms with Crippen molar-refractivity contribution in [1.29, 1.82) is 5.41 Å². The first-order valence-corrected chi connectivity index (χ1v) is 16.0. The summed E-state index contributed by atoms with van der Waals surface area (Å²) in [5.74, 6) is 0. The van der Waals surface area contributed by atoms with Crippen LogP contribution in [0.4, 0.5) is 11.4 Å². The zero-order chi connectivity index (χ0) is 30.2. The molecule has 3 aromatic rings. The first kappa shape index (κ1) is 27.2. The Hall–Kier alpha value is -5.35. The van der Waals surface area contributed by atoms with Crippen LogP contribution in [-0.4, -0.2) is 12.8 Å². The Bertz CT molecular complexity index is 1940. The van der Waals surface area contributed by atoms with Crippen molar-refractivity contribution in [3.63, 3.8) is 0 Å². The standard InChI is InChI=1S/C41H36N4/c42-26-35(27-10-3-1-4-11-27)41-34-16-8-7-15-33(34)37(38(45-41)30-12-5-2-6-13-30)29-19-17-28(18-20-29)36-24-23-32-22-21-31-14-9-25-43-39(31)40(32)44-36/h1-5,7,9-12,14-15,17-24,26,36,42-45H,6,8,13,16,25H2/b41-35+,42-26?. The van der Waals surface area contributed by atoms with Crippen LogP contribution >= 0.6 is 0 Å². The third-order valence-electron chi connectivity index (χ3n) is 9.37. The summed E-state index contributed by atoms with van der Waals surface area (Å²) >= 11 is 0. The molecule has 8 rings (SSSR count). The molecule has 0 amide bonds. The smallest absolute Gasteiger partial charge is 0.0702 e. The molecule has 0 fully saturated rings. The number of benzene rings is 3. The van der Waals surface area contributed by atoms with Crippen molar-refractivity contribution < 1.29 is 0 Å². The van der Waals surface area contributed by atoms with Gasteiger partial charge in [-0.15, -0.1) is 0 Å². The van der Waals surface area contributed by atoms with Gasteiger partial charge in [0.25, 0.3) is 0 Å². The van der Waals surface area contributed by atoms with Gasteiger partial charge in [-0.25, -0.2) is 0 Å². The SMILES string of the molecule is N=C/C(=C1\NC(C2=CC=CCC2)=C(c2ccc(C3C=Cc4ccc5c(c4N3)NCC=C5)cc2)C2=C1CCC=C2)c1ccccc1. The highest BCUT2D eigenvalue weighted by atomic mass is 15.0. The van der Waals surface area contributed by atoms with Gasteiger partial charge in [0.2, 0.25) is 0 Å². The second kappa shape index (κ2) is 11.6. The topological polar surface area (TPSA) is 59.9 Å². The van der Waals surface area contributed by atoms with Crippen molar-refractivity contribution in [2.45, 2.75) is 31.7 Å². The maximum atomic E-state index is 8.46. The number of nitrogens with one attached hydrogen (secondary N) is 4. The summed E-state index contributed by atoms with van der Waals surface area (Å²) in [6.07, 6.45) is 25.6. The Morgan fingerprint density at radius 1 is 0.800 bits per heavy atom. The molecule has 0 saturated heterocycles. The Kier molecular flexibility index (Phi) is 7.03. The predicted molar refractivity (Wildman–Crippen MR) is 190 cm³/mol. The molecule has 1 atom stereocenters. The van der Waals surface area contributed by atoms with Gasteiger partial charge in [0.05, 0.1) is 28.8 Å². The van der Waals surface area contributed by atoms with Crippen molar-refractivity contribution in [2.24, 2.45) is 0 Å². The molecule has 0 saturated carbocycles. The maximum Gasteiger partial charge on any atom is 0.0702 e. The molecule has 0 spiro atoms. The van der Waals surface area contributed by atoms with E-state index in [1.807, 2.05) is 18.2 Å². The zero-order valence-corrected chi connectivity index (χ0v) is 25.2. The average Bonchev–Trinajstić information content (AvgIpc) is 3.12. The summed E-state index contributed by atoms with van der Waals surface area (Å²) in [4.78, 5) is 0. The number of dihydropyridines is 1. The van der Waals surface area contributed by atoms with Gasteiger partial charge in [-0.2, -0.15) is 0 Å². The summed E-state index contributed by atoms with van der Waals surface area (Å²) in [7, 11) is 0. The maximum absolute atomic E-state index is 8.46. The Balaban J connectivity index is 1.21. The molecule has 0 bridgehead atoms. The van der Waals surface area contributed by atoms with E-state index >= 15 is 0 Å². The van der Waals surface area contributed by atoms with Crippen LogP contribution in [0.2, 0.25) is 0 Å². The summed E-state index contributed by atoms with van der Waals surface area (Å²) in [5, 5.41) is 19.8. The first-order valence-electron chi connectivity index (χ1n) is 16.0. The van der Waals surface area contributed by atoms with Crippen LogP contribution < -0.4 is 16.0 Å². The minimum absolute atomic E-state index is 0.0924. The highest BCUT2D eigenvalue weighted by Gasteiger charge is 2.30. The lowest BCUT2D eigenvalue weighted by Crippen LogP contribution is -2.26. The molecule has 3 aliphatic heterocycles. The second-order valence-corrected chi connectivity index (χ2v) is 12.0. The quantitative estimate of drug-likeness (QED) is 0.226. The molecule has 220 valence electrons. The molecule has 4 heteroatoms. The minimum Gasteiger partial charge on any atom is -0.379 e. The van der Waals surface area contributed by atoms with E-state index in [1.54, 1.807) is 0 Å². The van der Waals surface area contributed by atoms with Crippen LogP contribution in [0, 0.1) is 5.41 Å². The Labute approximate surface area is 265 Å². The zero-order valence-electron chi connectivity index (χ0n) is 25.2. The fourth-order valence-corrected chi connectivity index (χ4v) is 7.12. The monoisotopic (exact) mass is 584 g/mol. The summed E-state index contributed by atoms with van der Waals surface area (Å²) in [6, 6.07) is 23.9. The molecule has 5 aliphatic rings. The summed E-state index contributed by atoms with van der Waals surface area (Å²) < 4.78 is 0. The predicted octanol–water partition coefficient (Wildman–Crippen LogP) is 9.60. The van der Waals surface area contributed by atoms with Gasteiger partial charge in [0, 0.05) is 23.9 Å². The fraction of sp³-hybridized carbons (Fsp3) is 0.146. The van der Waals surface area contributed by atoms with Crippen LogP contribution in [-0.2, 0) is 0 Å². The molecule has 1 unspecified atom stereocenters. The molecule has 0 radical (unpaired) electrons. The molecular weight excluding hydrogens is 548 g/mol. The van der Waals surface area contributed by atoms with Crippen LogP contribution in [0.25, 0.3) is 23.3 Å². The van der Waals surface area contributed by atoms with Crippen LogP contribution in [0.5, 0.6) is 0 Å². The van der Waals surface area contributed by atoms with Gasteiger partial charge in [-0.1, -0.05) is 121 Å². The van der Waals surface area contributed by atoms with Crippen LogP contribution in [0.1, 0.15) is 59.5 Å². The van der Waals surface area contributed by atoms with E-state index in [4.69, 9.17) is 5.41 Å². The van der Waals surface area contributed by atoms with Crippen molar-refractivity contribution in [1.82, 2.24) is 5.32 Å². The third-order valence-corrected chi connectivity index (χ3v) is 9.37. The van der Waals surface area contributed by atoms with E-state index in [2.05, 4.69) is 119 Å². The summed E-state index contributed by atoms with van der Waals surface area (Å²) in [6.45, 7) is 0.849. The first-order chi connectivity index (χ1) is 22.3. The number of anilines is 2. The van der Waals surface area contributed by atoms with Crippen molar-refractivity contribution >= 4 is 40.9 Å². The van der Waals surface area contributed by atoms with E-state index in [0.29, 0.717) is 0 Å². The number of allylic oxidation sites excluding steroid dienone is 10. The number of hydrogen-bond donors (Lipinski definition) is 4. The van der Waals surface area contributed by atoms with Gasteiger partial charge in [0.15, 0.2) is 0 Å². The number of hydrogen-bond acceptors (Lipinski definition) is 4. The van der Waals surface area contributed by atoms with Crippen LogP contribution in [0.15, 0.2) is 137 Å². The molecular formula is C41H36N4. The second-order valence-electron chi connectivity index (χ2n) is 12.0. The van der Waals surface area contributed by atoms with Crippen molar-refractivity contribution in [3.05, 3.63) is 165 Å². The molecule has 2 aliphatic carbocycles. The molecule has 3 heterocycles. The van der Waals surface area contributed by atoms with Gasteiger partial charge in [-0.05, 0) is 70.2 Å². The van der Waals surface area contributed by atoms with Gasteiger partial charge in [-0.3, -0.25) is 0 Å². The van der Waals surface area contributed by atoms with Gasteiger partial charge < -0.3 is 21.4 Å². The fourth-order valence-electron chi connectivity index (χ4n) is 7.12. The molecule has 4 N–H and O–H groups in total. The largest absolute Gasteiger partial charge is 0.379 e. The lowest BCUT2D eigenvalue weighted by atomic mass is 9.79. The van der Waals surface area contributed by atoms with E-state index in [1.165, 1.54) is 62.1 Å². The van der Waals surface area contributed by atoms with E-state index in [9.17, 15) is 0 Å². The van der Waals surface area contributed by atoms with E-state index in [-0.39, 0.29) is 6.04 Å². The highest BCUT2D eigenvalue weighted by molar-refractivity contribution is 6.11. The van der Waals surface area contributed by atoms with Crippen molar-refractivity contribution in [2.75, 3.05) is 17.2 Å². The van der Waals surface area contributed by atoms with E-state index < -0.39 is 0 Å².